The average Bonchev–Trinajstić information content (AvgIpc) is 3.01. The summed E-state index contributed by atoms with van der Waals surface area (Å²) in [7, 11) is 0. The number of hydrogen-bond acceptors (Lipinski definition) is 2. The number of para-hydroxylation sites is 1. The van der Waals surface area contributed by atoms with E-state index in [-0.39, 0.29) is 18.0 Å². The lowest BCUT2D eigenvalue weighted by atomic mass is 10.1. The van der Waals surface area contributed by atoms with Gasteiger partial charge in [-0.3, -0.25) is 15.6 Å². The van der Waals surface area contributed by atoms with Crippen LogP contribution in [0.3, 0.4) is 0 Å². The fourth-order valence-electron chi connectivity index (χ4n) is 2.56. The van der Waals surface area contributed by atoms with E-state index in [4.69, 9.17) is 0 Å². The van der Waals surface area contributed by atoms with E-state index < -0.39 is 11.7 Å². The maximum absolute atomic E-state index is 12.7. The van der Waals surface area contributed by atoms with Crippen molar-refractivity contribution in [3.05, 3.63) is 65.9 Å². The third kappa shape index (κ3) is 4.12. The molecule has 130 valence electrons. The number of nitrogens with one attached hydrogen (secondary N) is 3. The van der Waals surface area contributed by atoms with Crippen LogP contribution in [0.2, 0.25) is 0 Å². The number of anilines is 1. The summed E-state index contributed by atoms with van der Waals surface area (Å²) in [4.78, 5) is 15.1. The zero-order chi connectivity index (χ0) is 17.9. The largest absolute Gasteiger partial charge is 0.416 e. The van der Waals surface area contributed by atoms with E-state index in [1.54, 1.807) is 0 Å². The molecule has 1 heterocycles. The first-order valence-electron chi connectivity index (χ1n) is 7.70. The number of alkyl halides is 3. The number of H-pyrrole nitrogens is 1. The van der Waals surface area contributed by atoms with Gasteiger partial charge < -0.3 is 4.98 Å². The van der Waals surface area contributed by atoms with Crippen molar-refractivity contribution in [1.82, 2.24) is 10.4 Å². The first-order valence-corrected chi connectivity index (χ1v) is 7.70. The van der Waals surface area contributed by atoms with E-state index in [2.05, 4.69) is 15.8 Å². The number of aromatic nitrogens is 1. The van der Waals surface area contributed by atoms with Crippen molar-refractivity contribution in [2.24, 2.45) is 0 Å². The minimum Gasteiger partial charge on any atom is -0.361 e. The molecule has 0 saturated heterocycles. The number of halogens is 3. The zero-order valence-electron chi connectivity index (χ0n) is 13.2. The Bertz CT molecular complexity index is 886. The maximum Gasteiger partial charge on any atom is 0.416 e. The van der Waals surface area contributed by atoms with E-state index in [9.17, 15) is 18.0 Å². The Morgan fingerprint density at radius 2 is 1.88 bits per heavy atom. The molecule has 0 unspecified atom stereocenters. The summed E-state index contributed by atoms with van der Waals surface area (Å²) in [5, 5.41) is 1.06. The van der Waals surface area contributed by atoms with Gasteiger partial charge in [-0.05, 0) is 36.2 Å². The highest BCUT2D eigenvalue weighted by Gasteiger charge is 2.30. The van der Waals surface area contributed by atoms with Crippen LogP contribution in [-0.4, -0.2) is 10.9 Å². The second-order valence-corrected chi connectivity index (χ2v) is 5.61. The normalized spacial score (nSPS) is 11.5. The summed E-state index contributed by atoms with van der Waals surface area (Å²) in [5.74, 6) is -0.303. The van der Waals surface area contributed by atoms with E-state index >= 15 is 0 Å². The van der Waals surface area contributed by atoms with Crippen LogP contribution in [-0.2, 0) is 17.4 Å². The third-order valence-corrected chi connectivity index (χ3v) is 3.83. The Hall–Kier alpha value is -2.96. The van der Waals surface area contributed by atoms with Crippen molar-refractivity contribution in [3.63, 3.8) is 0 Å². The standard InChI is InChI=1S/C18H16F3N3O/c19-18(20,21)13-4-3-5-14(10-13)23-24-17(25)9-8-12-11-22-16-7-2-1-6-15(12)16/h1-7,10-11,22-23H,8-9H2,(H,24,25). The number of amides is 1. The second-order valence-electron chi connectivity index (χ2n) is 5.61. The number of aryl methyl sites for hydroxylation is 1. The SMILES string of the molecule is O=C(CCc1c[nH]c2ccccc12)NNc1cccc(C(F)(F)F)c1. The third-order valence-electron chi connectivity index (χ3n) is 3.83. The predicted octanol–water partition coefficient (Wildman–Crippen LogP) is 4.26. The van der Waals surface area contributed by atoms with Gasteiger partial charge >= 0.3 is 6.18 Å². The summed E-state index contributed by atoms with van der Waals surface area (Å²) < 4.78 is 38.0. The molecule has 0 aliphatic carbocycles. The molecule has 0 radical (unpaired) electrons. The van der Waals surface area contributed by atoms with Gasteiger partial charge in [0, 0.05) is 23.5 Å². The van der Waals surface area contributed by atoms with Gasteiger partial charge in [0.2, 0.25) is 5.91 Å². The Morgan fingerprint density at radius 1 is 1.08 bits per heavy atom. The van der Waals surface area contributed by atoms with Crippen molar-refractivity contribution in [2.75, 3.05) is 5.43 Å². The summed E-state index contributed by atoms with van der Waals surface area (Å²) >= 11 is 0. The van der Waals surface area contributed by atoms with Crippen LogP contribution in [0.4, 0.5) is 18.9 Å². The van der Waals surface area contributed by atoms with Crippen molar-refractivity contribution in [2.45, 2.75) is 19.0 Å². The fraction of sp³-hybridized carbons (Fsp3) is 0.167. The minimum atomic E-state index is -4.42. The molecule has 3 aromatic rings. The lowest BCUT2D eigenvalue weighted by molar-refractivity contribution is -0.137. The minimum absolute atomic E-state index is 0.176. The molecule has 7 heteroatoms. The number of carbonyl (C=O) groups is 1. The highest BCUT2D eigenvalue weighted by molar-refractivity contribution is 5.84. The number of carbonyl (C=O) groups excluding carboxylic acids is 1. The van der Waals surface area contributed by atoms with Crippen LogP contribution < -0.4 is 10.9 Å². The number of aromatic amines is 1. The number of hydrogen-bond donors (Lipinski definition) is 3. The summed E-state index contributed by atoms with van der Waals surface area (Å²) in [6, 6.07) is 12.4. The summed E-state index contributed by atoms with van der Waals surface area (Å²) in [6.45, 7) is 0. The van der Waals surface area contributed by atoms with Crippen LogP contribution in [0.1, 0.15) is 17.5 Å². The average molecular weight is 347 g/mol. The molecular weight excluding hydrogens is 331 g/mol. The fourth-order valence-corrected chi connectivity index (χ4v) is 2.56. The number of rotatable bonds is 5. The van der Waals surface area contributed by atoms with Crippen LogP contribution in [0.25, 0.3) is 10.9 Å². The number of fused-ring (bicyclic) bond motifs is 1. The van der Waals surface area contributed by atoms with Gasteiger partial charge in [-0.25, -0.2) is 0 Å². The number of benzene rings is 2. The van der Waals surface area contributed by atoms with Gasteiger partial charge in [-0.15, -0.1) is 0 Å². The zero-order valence-corrected chi connectivity index (χ0v) is 13.2. The van der Waals surface area contributed by atoms with Gasteiger partial charge in [0.15, 0.2) is 0 Å². The Balaban J connectivity index is 1.55. The van der Waals surface area contributed by atoms with Crippen molar-refractivity contribution >= 4 is 22.5 Å². The van der Waals surface area contributed by atoms with Gasteiger partial charge in [-0.2, -0.15) is 13.2 Å². The lowest BCUT2D eigenvalue weighted by Gasteiger charge is -2.11. The molecular formula is C18H16F3N3O. The van der Waals surface area contributed by atoms with Gasteiger partial charge in [-0.1, -0.05) is 24.3 Å². The summed E-state index contributed by atoms with van der Waals surface area (Å²) in [6.07, 6.45) is -1.82. The molecule has 2 aromatic carbocycles. The van der Waals surface area contributed by atoms with Crippen molar-refractivity contribution < 1.29 is 18.0 Å². The Kier molecular flexibility index (Phi) is 4.65. The summed E-state index contributed by atoms with van der Waals surface area (Å²) in [5.41, 5.74) is 6.36. The highest BCUT2D eigenvalue weighted by atomic mass is 19.4. The Morgan fingerprint density at radius 3 is 2.68 bits per heavy atom. The molecule has 1 aromatic heterocycles. The molecule has 3 N–H and O–H groups in total. The molecule has 3 rings (SSSR count). The molecule has 0 atom stereocenters. The smallest absolute Gasteiger partial charge is 0.361 e. The quantitative estimate of drug-likeness (QED) is 0.604. The lowest BCUT2D eigenvalue weighted by Crippen LogP contribution is -2.29. The molecule has 0 fully saturated rings. The molecule has 0 aliphatic rings. The van der Waals surface area contributed by atoms with E-state index in [0.717, 1.165) is 28.6 Å². The molecule has 0 bridgehead atoms. The topological polar surface area (TPSA) is 56.9 Å². The van der Waals surface area contributed by atoms with E-state index in [0.29, 0.717) is 6.42 Å². The van der Waals surface area contributed by atoms with Crippen LogP contribution in [0.5, 0.6) is 0 Å². The second kappa shape index (κ2) is 6.88. The molecule has 0 saturated carbocycles. The van der Waals surface area contributed by atoms with Crippen molar-refractivity contribution in [1.29, 1.82) is 0 Å². The monoisotopic (exact) mass is 347 g/mol. The van der Waals surface area contributed by atoms with Gasteiger partial charge in [0.25, 0.3) is 0 Å². The molecule has 0 spiro atoms. The highest BCUT2D eigenvalue weighted by Crippen LogP contribution is 2.30. The van der Waals surface area contributed by atoms with E-state index in [1.165, 1.54) is 12.1 Å². The first-order chi connectivity index (χ1) is 11.9. The van der Waals surface area contributed by atoms with Crippen LogP contribution in [0, 0.1) is 0 Å². The molecule has 0 aliphatic heterocycles. The maximum atomic E-state index is 12.7. The van der Waals surface area contributed by atoms with Gasteiger partial charge in [0.1, 0.15) is 0 Å². The molecule has 1 amide bonds. The van der Waals surface area contributed by atoms with E-state index in [1.807, 2.05) is 30.5 Å². The first kappa shape index (κ1) is 16.9. The molecule has 4 nitrogen and oxygen atoms in total. The van der Waals surface area contributed by atoms with Gasteiger partial charge in [0.05, 0.1) is 11.3 Å². The predicted molar refractivity (Wildman–Crippen MR) is 89.8 cm³/mol. The Labute approximate surface area is 142 Å². The van der Waals surface area contributed by atoms with Crippen molar-refractivity contribution in [3.8, 4) is 0 Å². The van der Waals surface area contributed by atoms with Crippen LogP contribution in [0.15, 0.2) is 54.7 Å². The molecule has 25 heavy (non-hydrogen) atoms. The van der Waals surface area contributed by atoms with Crippen LogP contribution >= 0.6 is 0 Å². The number of hydrazine groups is 1.